The minimum atomic E-state index is -0.674. The maximum absolute atomic E-state index is 12.5. The maximum Gasteiger partial charge on any atom is 0.220 e. The van der Waals surface area contributed by atoms with E-state index in [4.69, 9.17) is 0 Å². The van der Waals surface area contributed by atoms with Crippen LogP contribution in [0.3, 0.4) is 0 Å². The highest BCUT2D eigenvalue weighted by atomic mass is 16.3. The molecule has 4 heteroatoms. The number of carbonyl (C=O) groups is 1. The van der Waals surface area contributed by atoms with Crippen LogP contribution >= 0.6 is 0 Å². The van der Waals surface area contributed by atoms with Crippen molar-refractivity contribution >= 4 is 5.91 Å². The SMILES string of the molecule is CC/C=C\C/C=C\C/C=C\C/C=C\C/C=C\C/C=C\C/C=C\C/C=C\CCCCCCCCC(=O)NC(CO)C(O)CCCCCCCCCCCCCCCCCCCCCCCC. The van der Waals surface area contributed by atoms with Crippen molar-refractivity contribution in [2.45, 2.75) is 276 Å². The second-order valence-electron chi connectivity index (χ2n) is 18.6. The number of aliphatic hydroxyl groups is 2. The van der Waals surface area contributed by atoms with E-state index in [1.54, 1.807) is 0 Å². The highest BCUT2D eigenvalue weighted by Gasteiger charge is 2.20. The Morgan fingerprint density at radius 3 is 1.02 bits per heavy atom. The minimum absolute atomic E-state index is 0.0475. The molecule has 65 heavy (non-hydrogen) atoms. The van der Waals surface area contributed by atoms with Crippen LogP contribution in [0.1, 0.15) is 264 Å². The van der Waals surface area contributed by atoms with Gasteiger partial charge in [0.2, 0.25) is 5.91 Å². The fourth-order valence-electron chi connectivity index (χ4n) is 8.14. The summed E-state index contributed by atoms with van der Waals surface area (Å²) in [5.74, 6) is -0.0475. The summed E-state index contributed by atoms with van der Waals surface area (Å²) in [7, 11) is 0. The van der Waals surface area contributed by atoms with Gasteiger partial charge in [-0.3, -0.25) is 4.79 Å². The molecule has 0 spiro atoms. The lowest BCUT2D eigenvalue weighted by atomic mass is 10.0. The molecule has 0 saturated carbocycles. The van der Waals surface area contributed by atoms with Gasteiger partial charge in [-0.2, -0.15) is 0 Å². The van der Waals surface area contributed by atoms with Gasteiger partial charge in [0, 0.05) is 6.42 Å². The second-order valence-corrected chi connectivity index (χ2v) is 18.6. The molecular weight excluding hydrogens is 795 g/mol. The zero-order valence-corrected chi connectivity index (χ0v) is 43.0. The summed E-state index contributed by atoms with van der Waals surface area (Å²) in [5.41, 5.74) is 0. The maximum atomic E-state index is 12.5. The van der Waals surface area contributed by atoms with Gasteiger partial charge in [0.1, 0.15) is 0 Å². The number of hydrogen-bond acceptors (Lipinski definition) is 3. The van der Waals surface area contributed by atoms with Crippen LogP contribution in [0.2, 0.25) is 0 Å². The normalized spacial score (nSPS) is 13.6. The monoisotopic (exact) mass is 902 g/mol. The number of aliphatic hydroxyl groups excluding tert-OH is 2. The van der Waals surface area contributed by atoms with Gasteiger partial charge in [-0.15, -0.1) is 0 Å². The zero-order chi connectivity index (χ0) is 47.0. The van der Waals surface area contributed by atoms with E-state index >= 15 is 0 Å². The number of nitrogens with one attached hydrogen (secondary N) is 1. The van der Waals surface area contributed by atoms with Crippen LogP contribution in [0, 0.1) is 0 Å². The molecule has 2 atom stereocenters. The van der Waals surface area contributed by atoms with E-state index in [0.29, 0.717) is 12.8 Å². The first-order valence-electron chi connectivity index (χ1n) is 27.9. The van der Waals surface area contributed by atoms with Crippen LogP contribution in [-0.4, -0.2) is 34.9 Å². The van der Waals surface area contributed by atoms with E-state index in [1.807, 2.05) is 0 Å². The molecule has 0 aliphatic rings. The van der Waals surface area contributed by atoms with E-state index < -0.39 is 12.1 Å². The van der Waals surface area contributed by atoms with E-state index in [0.717, 1.165) is 89.9 Å². The van der Waals surface area contributed by atoms with E-state index in [-0.39, 0.29) is 12.5 Å². The number of carbonyl (C=O) groups excluding carboxylic acids is 1. The van der Waals surface area contributed by atoms with Crippen molar-refractivity contribution < 1.29 is 15.0 Å². The van der Waals surface area contributed by atoms with Crippen molar-refractivity contribution in [3.05, 3.63) is 97.2 Å². The molecule has 0 fully saturated rings. The highest BCUT2D eigenvalue weighted by Crippen LogP contribution is 2.17. The lowest BCUT2D eigenvalue weighted by Crippen LogP contribution is -2.45. The Balaban J connectivity index is 3.58. The molecule has 0 saturated heterocycles. The van der Waals surface area contributed by atoms with Gasteiger partial charge in [0.15, 0.2) is 0 Å². The molecule has 0 aromatic carbocycles. The van der Waals surface area contributed by atoms with Crippen LogP contribution < -0.4 is 5.32 Å². The Hall–Kier alpha value is -2.69. The summed E-state index contributed by atoms with van der Waals surface area (Å²) in [6.07, 6.45) is 82.4. The molecule has 0 heterocycles. The molecule has 0 aromatic heterocycles. The molecule has 0 bridgehead atoms. The third kappa shape index (κ3) is 52.1. The molecule has 1 amide bonds. The molecule has 0 rings (SSSR count). The molecular formula is C61H107NO3. The summed E-state index contributed by atoms with van der Waals surface area (Å²) in [5, 5.41) is 23.3. The first-order valence-corrected chi connectivity index (χ1v) is 27.9. The molecule has 0 aromatic rings. The van der Waals surface area contributed by atoms with Gasteiger partial charge in [-0.05, 0) is 77.0 Å². The third-order valence-corrected chi connectivity index (χ3v) is 12.4. The second kappa shape index (κ2) is 55.6. The third-order valence-electron chi connectivity index (χ3n) is 12.4. The Labute approximate surface area is 404 Å². The molecule has 0 aliphatic carbocycles. The lowest BCUT2D eigenvalue weighted by Gasteiger charge is -2.22. The average Bonchev–Trinajstić information content (AvgIpc) is 3.31. The Kier molecular flexibility index (Phi) is 53.3. The fraction of sp³-hybridized carbons (Fsp3) is 0.721. The van der Waals surface area contributed by atoms with Crippen LogP contribution in [0.4, 0.5) is 0 Å². The van der Waals surface area contributed by atoms with Gasteiger partial charge < -0.3 is 15.5 Å². The quantitative estimate of drug-likeness (QED) is 0.0421. The number of rotatable bonds is 50. The van der Waals surface area contributed by atoms with Crippen LogP contribution in [0.15, 0.2) is 97.2 Å². The Morgan fingerprint density at radius 1 is 0.385 bits per heavy atom. The van der Waals surface area contributed by atoms with Gasteiger partial charge in [-0.25, -0.2) is 0 Å². The van der Waals surface area contributed by atoms with Crippen molar-refractivity contribution in [3.8, 4) is 0 Å². The number of allylic oxidation sites excluding steroid dienone is 16. The summed E-state index contributed by atoms with van der Waals surface area (Å²) in [4.78, 5) is 12.5. The lowest BCUT2D eigenvalue weighted by molar-refractivity contribution is -0.123. The molecule has 374 valence electrons. The zero-order valence-electron chi connectivity index (χ0n) is 43.0. The summed E-state index contributed by atoms with van der Waals surface area (Å²) >= 11 is 0. The number of hydrogen-bond donors (Lipinski definition) is 3. The summed E-state index contributed by atoms with van der Waals surface area (Å²) in [6, 6.07) is -0.552. The molecule has 0 aliphatic heterocycles. The molecule has 4 nitrogen and oxygen atoms in total. The molecule has 0 radical (unpaired) electrons. The van der Waals surface area contributed by atoms with Crippen LogP contribution in [0.25, 0.3) is 0 Å². The summed E-state index contributed by atoms with van der Waals surface area (Å²) < 4.78 is 0. The van der Waals surface area contributed by atoms with Crippen molar-refractivity contribution in [3.63, 3.8) is 0 Å². The number of unbranched alkanes of at least 4 members (excludes halogenated alkanes) is 27. The molecule has 2 unspecified atom stereocenters. The predicted octanol–water partition coefficient (Wildman–Crippen LogP) is 18.5. The van der Waals surface area contributed by atoms with Crippen molar-refractivity contribution in [2.75, 3.05) is 6.61 Å². The van der Waals surface area contributed by atoms with E-state index in [9.17, 15) is 15.0 Å². The van der Waals surface area contributed by atoms with Gasteiger partial charge >= 0.3 is 0 Å². The van der Waals surface area contributed by atoms with Gasteiger partial charge in [-0.1, -0.05) is 278 Å². The largest absolute Gasteiger partial charge is 0.394 e. The standard InChI is InChI=1S/C61H107NO3/c1-3-5-7-9-11-13-15-17-19-21-23-25-27-28-29-30-31-32-33-34-35-37-39-41-43-45-47-49-51-53-55-57-61(65)62-59(58-63)60(64)56-54-52-50-48-46-44-42-40-38-36-26-24-22-20-18-16-14-12-10-8-6-4-2/h5,7,11,13,17,19,23,25,28-29,31-32,34-35,39,41,59-60,63-64H,3-4,6,8-10,12,14-16,18,20-22,24,26-27,30,33,36-38,40,42-58H2,1-2H3,(H,62,65)/b7-5-,13-11-,19-17-,25-23-,29-28-,32-31-,35-34-,41-39-. The molecule has 3 N–H and O–H groups in total. The van der Waals surface area contributed by atoms with Gasteiger partial charge in [0.25, 0.3) is 0 Å². The van der Waals surface area contributed by atoms with Crippen molar-refractivity contribution in [1.29, 1.82) is 0 Å². The predicted molar refractivity (Wildman–Crippen MR) is 290 cm³/mol. The number of amides is 1. The highest BCUT2D eigenvalue weighted by molar-refractivity contribution is 5.76. The van der Waals surface area contributed by atoms with Crippen LogP contribution in [-0.2, 0) is 4.79 Å². The Bertz CT molecular complexity index is 1210. The van der Waals surface area contributed by atoms with E-state index in [1.165, 1.54) is 148 Å². The minimum Gasteiger partial charge on any atom is -0.394 e. The van der Waals surface area contributed by atoms with Crippen LogP contribution in [0.5, 0.6) is 0 Å². The van der Waals surface area contributed by atoms with Crippen molar-refractivity contribution in [2.24, 2.45) is 0 Å². The first kappa shape index (κ1) is 62.3. The topological polar surface area (TPSA) is 69.6 Å². The smallest absolute Gasteiger partial charge is 0.220 e. The van der Waals surface area contributed by atoms with Gasteiger partial charge in [0.05, 0.1) is 18.8 Å². The Morgan fingerprint density at radius 2 is 0.677 bits per heavy atom. The average molecular weight is 903 g/mol. The first-order chi connectivity index (χ1) is 32.2. The fourth-order valence-corrected chi connectivity index (χ4v) is 8.14. The van der Waals surface area contributed by atoms with E-state index in [2.05, 4.69) is 116 Å². The summed E-state index contributed by atoms with van der Waals surface area (Å²) in [6.45, 7) is 4.25. The van der Waals surface area contributed by atoms with Crippen molar-refractivity contribution in [1.82, 2.24) is 5.32 Å².